The smallest absolute Gasteiger partial charge is 0.410 e. The van der Waals surface area contributed by atoms with E-state index >= 15 is 0 Å². The van der Waals surface area contributed by atoms with Gasteiger partial charge in [-0.1, -0.05) is 6.92 Å². The largest absolute Gasteiger partial charge is 0.449 e. The highest BCUT2D eigenvalue weighted by Gasteiger charge is 2.29. The number of fused-ring (bicyclic) bond motifs is 1. The maximum absolute atomic E-state index is 12.1. The van der Waals surface area contributed by atoms with Gasteiger partial charge in [-0.25, -0.2) is 14.3 Å². The maximum atomic E-state index is 12.1. The lowest BCUT2D eigenvalue weighted by Crippen LogP contribution is -2.40. The van der Waals surface area contributed by atoms with Gasteiger partial charge in [0.1, 0.15) is 10.4 Å². The summed E-state index contributed by atoms with van der Waals surface area (Å²) in [5.74, 6) is 0.755. The molecule has 0 unspecified atom stereocenters. The number of halogens is 1. The summed E-state index contributed by atoms with van der Waals surface area (Å²) in [7, 11) is 0. The van der Waals surface area contributed by atoms with Gasteiger partial charge in [0, 0.05) is 13.1 Å². The molecule has 1 aliphatic rings. The number of hydrogen-bond donors (Lipinski definition) is 1. The van der Waals surface area contributed by atoms with Gasteiger partial charge >= 0.3 is 6.09 Å². The molecule has 7 nitrogen and oxygen atoms in total. The molecule has 0 aromatic carbocycles. The molecule has 1 N–H and O–H groups in total. The van der Waals surface area contributed by atoms with Crippen molar-refractivity contribution in [3.63, 3.8) is 0 Å². The molecule has 2 aromatic rings. The van der Waals surface area contributed by atoms with Gasteiger partial charge in [-0.3, -0.25) is 0 Å². The molecule has 3 heterocycles. The second kappa shape index (κ2) is 7.16. The molecule has 3 rings (SSSR count). The number of anilines is 1. The normalized spacial score (nSPS) is 17.7. The summed E-state index contributed by atoms with van der Waals surface area (Å²) in [6.45, 7) is 3.88. The quantitative estimate of drug-likeness (QED) is 0.861. The summed E-state index contributed by atoms with van der Waals surface area (Å²) < 4.78 is 7.78. The van der Waals surface area contributed by atoms with Crippen LogP contribution in [0.2, 0.25) is 0 Å². The Hall–Kier alpha value is -1.83. The van der Waals surface area contributed by atoms with Crippen molar-refractivity contribution in [1.29, 1.82) is 0 Å². The van der Waals surface area contributed by atoms with Crippen molar-refractivity contribution in [2.75, 3.05) is 25.0 Å². The van der Waals surface area contributed by atoms with Crippen LogP contribution in [0.5, 0.6) is 0 Å². The Bertz CT molecular complexity index is 690. The second-order valence-corrected chi connectivity index (χ2v) is 6.37. The third-order valence-corrected chi connectivity index (χ3v) is 4.42. The molecule has 2 aromatic heterocycles. The average Bonchev–Trinajstić information content (AvgIpc) is 3.18. The highest BCUT2D eigenvalue weighted by Crippen LogP contribution is 2.19. The topological polar surface area (TPSA) is 71.8 Å². The SMILES string of the molecule is CCCOC(=O)N1CCC[C@H]1CNc1ccc2ncc(Br)n2n1. The maximum Gasteiger partial charge on any atom is 0.410 e. The van der Waals surface area contributed by atoms with Crippen molar-refractivity contribution in [2.45, 2.75) is 32.2 Å². The molecule has 0 radical (unpaired) electrons. The van der Waals surface area contributed by atoms with E-state index in [9.17, 15) is 4.79 Å². The first-order valence-corrected chi connectivity index (χ1v) is 8.66. The number of carbonyl (C=O) groups is 1. The fraction of sp³-hybridized carbons (Fsp3) is 0.533. The van der Waals surface area contributed by atoms with Gasteiger partial charge in [0.05, 0.1) is 18.8 Å². The lowest BCUT2D eigenvalue weighted by Gasteiger charge is -2.24. The molecule has 1 saturated heterocycles. The van der Waals surface area contributed by atoms with E-state index in [2.05, 4.69) is 31.3 Å². The Morgan fingerprint density at radius 3 is 3.22 bits per heavy atom. The molecule has 0 saturated carbocycles. The van der Waals surface area contributed by atoms with Crippen molar-refractivity contribution in [1.82, 2.24) is 19.5 Å². The van der Waals surface area contributed by atoms with Crippen molar-refractivity contribution in [2.24, 2.45) is 0 Å². The number of imidazole rings is 1. The Labute approximate surface area is 143 Å². The number of ether oxygens (including phenoxy) is 1. The third kappa shape index (κ3) is 3.57. The van der Waals surface area contributed by atoms with Gasteiger partial charge in [-0.05, 0) is 47.3 Å². The van der Waals surface area contributed by atoms with Gasteiger partial charge in [0.25, 0.3) is 0 Å². The highest BCUT2D eigenvalue weighted by atomic mass is 79.9. The van der Waals surface area contributed by atoms with Gasteiger partial charge in [0.15, 0.2) is 5.65 Å². The summed E-state index contributed by atoms with van der Waals surface area (Å²) in [6.07, 6.45) is 4.33. The molecule has 23 heavy (non-hydrogen) atoms. The van der Waals surface area contributed by atoms with Gasteiger partial charge in [-0.15, -0.1) is 5.10 Å². The first kappa shape index (κ1) is 16.0. The minimum atomic E-state index is -0.211. The Kier molecular flexibility index (Phi) is 5.00. The molecule has 1 atom stereocenters. The van der Waals surface area contributed by atoms with E-state index in [0.29, 0.717) is 13.2 Å². The van der Waals surface area contributed by atoms with E-state index in [4.69, 9.17) is 4.74 Å². The molecule has 8 heteroatoms. The van der Waals surface area contributed by atoms with Crippen LogP contribution in [-0.2, 0) is 4.74 Å². The molecule has 1 amide bonds. The zero-order valence-electron chi connectivity index (χ0n) is 13.0. The van der Waals surface area contributed by atoms with E-state index in [-0.39, 0.29) is 12.1 Å². The molecular formula is C15H20BrN5O2. The van der Waals surface area contributed by atoms with Crippen LogP contribution in [0.25, 0.3) is 5.65 Å². The molecule has 0 spiro atoms. The molecule has 0 bridgehead atoms. The Morgan fingerprint density at radius 2 is 2.39 bits per heavy atom. The Balaban J connectivity index is 1.61. The molecular weight excluding hydrogens is 362 g/mol. The van der Waals surface area contributed by atoms with E-state index in [0.717, 1.165) is 41.9 Å². The monoisotopic (exact) mass is 381 g/mol. The van der Waals surface area contributed by atoms with Crippen LogP contribution in [0.4, 0.5) is 10.6 Å². The van der Waals surface area contributed by atoms with Crippen molar-refractivity contribution < 1.29 is 9.53 Å². The number of hydrogen-bond acceptors (Lipinski definition) is 5. The predicted octanol–water partition coefficient (Wildman–Crippen LogP) is 2.91. The fourth-order valence-electron chi connectivity index (χ4n) is 2.72. The lowest BCUT2D eigenvalue weighted by molar-refractivity contribution is 0.0997. The van der Waals surface area contributed by atoms with Crippen LogP contribution < -0.4 is 5.32 Å². The summed E-state index contributed by atoms with van der Waals surface area (Å²) in [5, 5.41) is 7.78. The van der Waals surface area contributed by atoms with Crippen LogP contribution in [0.1, 0.15) is 26.2 Å². The molecule has 0 aliphatic carbocycles. The number of nitrogens with one attached hydrogen (secondary N) is 1. The standard InChI is InChI=1S/C15H20BrN5O2/c1-2-8-23-15(22)20-7-3-4-11(20)9-17-13-5-6-14-18-10-12(16)21(14)19-13/h5-6,10-11H,2-4,7-9H2,1H3,(H,17,19)/t11-/m0/s1. The number of rotatable bonds is 5. The molecule has 1 aliphatic heterocycles. The van der Waals surface area contributed by atoms with Crippen molar-refractivity contribution >= 4 is 33.5 Å². The zero-order chi connectivity index (χ0) is 16.2. The van der Waals surface area contributed by atoms with E-state index in [1.807, 2.05) is 24.0 Å². The summed E-state index contributed by atoms with van der Waals surface area (Å²) in [4.78, 5) is 18.1. The first-order valence-electron chi connectivity index (χ1n) is 7.86. The van der Waals surface area contributed by atoms with Gasteiger partial charge in [-0.2, -0.15) is 0 Å². The fourth-order valence-corrected chi connectivity index (χ4v) is 3.09. The van der Waals surface area contributed by atoms with Crippen LogP contribution >= 0.6 is 15.9 Å². The zero-order valence-corrected chi connectivity index (χ0v) is 14.6. The average molecular weight is 382 g/mol. The van der Waals surface area contributed by atoms with E-state index < -0.39 is 0 Å². The number of aromatic nitrogens is 3. The third-order valence-electron chi connectivity index (χ3n) is 3.88. The van der Waals surface area contributed by atoms with Crippen molar-refractivity contribution in [3.8, 4) is 0 Å². The summed E-state index contributed by atoms with van der Waals surface area (Å²) in [6, 6.07) is 3.94. The minimum absolute atomic E-state index is 0.142. The lowest BCUT2D eigenvalue weighted by atomic mass is 10.2. The molecule has 1 fully saturated rings. The minimum Gasteiger partial charge on any atom is -0.449 e. The van der Waals surface area contributed by atoms with Gasteiger partial charge in [0.2, 0.25) is 0 Å². The Morgan fingerprint density at radius 1 is 1.52 bits per heavy atom. The van der Waals surface area contributed by atoms with Gasteiger partial charge < -0.3 is 15.0 Å². The summed E-state index contributed by atoms with van der Waals surface area (Å²) >= 11 is 3.41. The highest BCUT2D eigenvalue weighted by molar-refractivity contribution is 9.10. The van der Waals surface area contributed by atoms with Crippen LogP contribution in [0.3, 0.4) is 0 Å². The van der Waals surface area contributed by atoms with Crippen LogP contribution in [0.15, 0.2) is 22.9 Å². The van der Waals surface area contributed by atoms with E-state index in [1.54, 1.807) is 10.7 Å². The number of carbonyl (C=O) groups excluding carboxylic acids is 1. The van der Waals surface area contributed by atoms with Crippen LogP contribution in [-0.4, -0.2) is 51.3 Å². The molecule has 124 valence electrons. The summed E-state index contributed by atoms with van der Waals surface area (Å²) in [5.41, 5.74) is 0.785. The number of likely N-dealkylation sites (tertiary alicyclic amines) is 1. The number of amides is 1. The predicted molar refractivity (Wildman–Crippen MR) is 90.5 cm³/mol. The second-order valence-electron chi connectivity index (χ2n) is 5.55. The van der Waals surface area contributed by atoms with E-state index in [1.165, 1.54) is 0 Å². The van der Waals surface area contributed by atoms with Crippen molar-refractivity contribution in [3.05, 3.63) is 22.9 Å². The first-order chi connectivity index (χ1) is 11.2. The number of nitrogens with zero attached hydrogens (tertiary/aromatic N) is 4. The van der Waals surface area contributed by atoms with Crippen LogP contribution in [0, 0.1) is 0 Å².